The summed E-state index contributed by atoms with van der Waals surface area (Å²) in [7, 11) is 1.79. The van der Waals surface area contributed by atoms with E-state index in [1.807, 2.05) is 19.1 Å². The van der Waals surface area contributed by atoms with E-state index in [0.29, 0.717) is 5.69 Å². The van der Waals surface area contributed by atoms with Gasteiger partial charge >= 0.3 is 0 Å². The molecule has 3 rings (SSSR count). The lowest BCUT2D eigenvalue weighted by Gasteiger charge is -2.26. The normalized spacial score (nSPS) is 17.2. The molecular weight excluding hydrogens is 252 g/mol. The van der Waals surface area contributed by atoms with Gasteiger partial charge in [0, 0.05) is 19.3 Å². The molecule has 0 aliphatic carbocycles. The summed E-state index contributed by atoms with van der Waals surface area (Å²) in [4.78, 5) is 12.3. The maximum atomic E-state index is 12.3. The molecule has 1 aromatic carbocycles. The zero-order valence-electron chi connectivity index (χ0n) is 11.7. The second kappa shape index (κ2) is 5.00. The van der Waals surface area contributed by atoms with Crippen molar-refractivity contribution in [3.8, 4) is 0 Å². The zero-order valence-corrected chi connectivity index (χ0v) is 11.7. The van der Waals surface area contributed by atoms with Crippen LogP contribution in [0.2, 0.25) is 0 Å². The lowest BCUT2D eigenvalue weighted by Crippen LogP contribution is -2.44. The number of benzene rings is 1. The molecule has 0 radical (unpaired) electrons. The first-order valence-corrected chi connectivity index (χ1v) is 6.77. The smallest absolute Gasteiger partial charge is 0.269 e. The van der Waals surface area contributed by atoms with Crippen molar-refractivity contribution in [2.24, 2.45) is 7.05 Å². The van der Waals surface area contributed by atoms with Crippen LogP contribution in [0.3, 0.4) is 0 Å². The van der Waals surface area contributed by atoms with E-state index in [9.17, 15) is 4.79 Å². The van der Waals surface area contributed by atoms with Gasteiger partial charge in [0.1, 0.15) is 5.69 Å². The van der Waals surface area contributed by atoms with Gasteiger partial charge in [-0.3, -0.25) is 9.48 Å². The average molecular weight is 270 g/mol. The van der Waals surface area contributed by atoms with Crippen molar-refractivity contribution >= 4 is 11.6 Å². The fourth-order valence-electron chi connectivity index (χ4n) is 2.63. The Labute approximate surface area is 118 Å². The summed E-state index contributed by atoms with van der Waals surface area (Å²) >= 11 is 0. The molecule has 0 saturated heterocycles. The van der Waals surface area contributed by atoms with Crippen molar-refractivity contribution < 1.29 is 4.79 Å². The number of nitrogens with one attached hydrogen (secondary N) is 2. The number of carbonyl (C=O) groups excluding carboxylic acids is 1. The Morgan fingerprint density at radius 2 is 2.25 bits per heavy atom. The van der Waals surface area contributed by atoms with Crippen LogP contribution in [0.1, 0.15) is 21.7 Å². The van der Waals surface area contributed by atoms with Crippen molar-refractivity contribution in [1.82, 2.24) is 15.1 Å². The van der Waals surface area contributed by atoms with E-state index < -0.39 is 0 Å². The van der Waals surface area contributed by atoms with Crippen molar-refractivity contribution in [3.05, 3.63) is 47.3 Å². The SMILES string of the molecule is Cc1cc(C(=O)NC2CNc3ccccc3C2)n(C)n1. The van der Waals surface area contributed by atoms with E-state index in [2.05, 4.69) is 27.9 Å². The van der Waals surface area contributed by atoms with Crippen LogP contribution in [0.4, 0.5) is 5.69 Å². The van der Waals surface area contributed by atoms with Crippen molar-refractivity contribution in [1.29, 1.82) is 0 Å². The Kier molecular flexibility index (Phi) is 3.18. The summed E-state index contributed by atoms with van der Waals surface area (Å²) in [5.74, 6) is -0.0701. The molecule has 2 N–H and O–H groups in total. The van der Waals surface area contributed by atoms with E-state index in [1.165, 1.54) is 5.56 Å². The van der Waals surface area contributed by atoms with Gasteiger partial charge in [-0.05, 0) is 31.0 Å². The molecule has 0 spiro atoms. The topological polar surface area (TPSA) is 59.0 Å². The van der Waals surface area contributed by atoms with Crippen molar-refractivity contribution in [2.75, 3.05) is 11.9 Å². The predicted octanol–water partition coefficient (Wildman–Crippen LogP) is 1.50. The molecule has 2 heterocycles. The van der Waals surface area contributed by atoms with Gasteiger partial charge in [-0.1, -0.05) is 18.2 Å². The summed E-state index contributed by atoms with van der Waals surface area (Å²) < 4.78 is 1.62. The minimum absolute atomic E-state index is 0.0701. The van der Waals surface area contributed by atoms with Crippen LogP contribution in [0.25, 0.3) is 0 Å². The quantitative estimate of drug-likeness (QED) is 0.869. The summed E-state index contributed by atoms with van der Waals surface area (Å²) in [5, 5.41) is 10.6. The second-order valence-corrected chi connectivity index (χ2v) is 5.21. The number of aromatic nitrogens is 2. The minimum atomic E-state index is -0.0701. The van der Waals surface area contributed by atoms with Gasteiger partial charge in [0.05, 0.1) is 11.7 Å². The number of para-hydroxylation sites is 1. The highest BCUT2D eigenvalue weighted by molar-refractivity contribution is 5.93. The molecule has 1 aliphatic heterocycles. The molecule has 5 heteroatoms. The molecule has 0 fully saturated rings. The number of carbonyl (C=O) groups is 1. The Balaban J connectivity index is 1.71. The second-order valence-electron chi connectivity index (χ2n) is 5.21. The molecule has 1 unspecified atom stereocenters. The Hall–Kier alpha value is -2.30. The van der Waals surface area contributed by atoms with Gasteiger partial charge in [0.2, 0.25) is 0 Å². The average Bonchev–Trinajstić information content (AvgIpc) is 2.78. The highest BCUT2D eigenvalue weighted by Gasteiger charge is 2.21. The standard InChI is InChI=1S/C15H18N4O/c1-10-7-14(19(2)18-10)15(20)17-12-8-11-5-3-4-6-13(11)16-9-12/h3-7,12,16H,8-9H2,1-2H3,(H,17,20). The molecule has 1 amide bonds. The van der Waals surface area contributed by atoms with Gasteiger partial charge in [-0.2, -0.15) is 5.10 Å². The highest BCUT2D eigenvalue weighted by atomic mass is 16.2. The van der Waals surface area contributed by atoms with Crippen molar-refractivity contribution in [2.45, 2.75) is 19.4 Å². The van der Waals surface area contributed by atoms with Gasteiger partial charge in [0.25, 0.3) is 5.91 Å². The first-order valence-electron chi connectivity index (χ1n) is 6.77. The van der Waals surface area contributed by atoms with Crippen LogP contribution in [-0.2, 0) is 13.5 Å². The number of hydrogen-bond acceptors (Lipinski definition) is 3. The van der Waals surface area contributed by atoms with Crippen LogP contribution in [0, 0.1) is 6.92 Å². The van der Waals surface area contributed by atoms with E-state index >= 15 is 0 Å². The third-order valence-corrected chi connectivity index (χ3v) is 3.59. The van der Waals surface area contributed by atoms with Gasteiger partial charge in [-0.25, -0.2) is 0 Å². The van der Waals surface area contributed by atoms with E-state index in [0.717, 1.165) is 24.3 Å². The number of anilines is 1. The number of nitrogens with zero attached hydrogens (tertiary/aromatic N) is 2. The Morgan fingerprint density at radius 3 is 3.00 bits per heavy atom. The first-order chi connectivity index (χ1) is 9.63. The molecule has 1 atom stereocenters. The summed E-state index contributed by atoms with van der Waals surface area (Å²) in [5.41, 5.74) is 3.85. The van der Waals surface area contributed by atoms with Crippen LogP contribution < -0.4 is 10.6 Å². The number of aryl methyl sites for hydroxylation is 2. The third-order valence-electron chi connectivity index (χ3n) is 3.59. The number of rotatable bonds is 2. The monoisotopic (exact) mass is 270 g/mol. The molecule has 104 valence electrons. The summed E-state index contributed by atoms with van der Waals surface area (Å²) in [6.07, 6.45) is 0.853. The Bertz CT molecular complexity index is 647. The number of fused-ring (bicyclic) bond motifs is 1. The van der Waals surface area contributed by atoms with Gasteiger partial charge in [-0.15, -0.1) is 0 Å². The largest absolute Gasteiger partial charge is 0.383 e. The number of hydrogen-bond donors (Lipinski definition) is 2. The molecule has 20 heavy (non-hydrogen) atoms. The maximum Gasteiger partial charge on any atom is 0.269 e. The fraction of sp³-hybridized carbons (Fsp3) is 0.333. The maximum absolute atomic E-state index is 12.3. The van der Waals surface area contributed by atoms with E-state index in [-0.39, 0.29) is 11.9 Å². The fourth-order valence-corrected chi connectivity index (χ4v) is 2.63. The van der Waals surface area contributed by atoms with Gasteiger partial charge < -0.3 is 10.6 Å². The first kappa shape index (κ1) is 12.7. The van der Waals surface area contributed by atoms with Crippen LogP contribution in [0.15, 0.2) is 30.3 Å². The third kappa shape index (κ3) is 2.39. The van der Waals surface area contributed by atoms with Crippen LogP contribution in [-0.4, -0.2) is 28.3 Å². The minimum Gasteiger partial charge on any atom is -0.383 e. The zero-order chi connectivity index (χ0) is 14.1. The lowest BCUT2D eigenvalue weighted by molar-refractivity contribution is 0.0929. The lowest BCUT2D eigenvalue weighted by atomic mass is 9.99. The molecule has 1 aromatic heterocycles. The summed E-state index contributed by atoms with van der Waals surface area (Å²) in [6.45, 7) is 2.63. The van der Waals surface area contributed by atoms with E-state index in [4.69, 9.17) is 0 Å². The molecule has 0 bridgehead atoms. The molecule has 1 aliphatic rings. The van der Waals surface area contributed by atoms with Gasteiger partial charge in [0.15, 0.2) is 0 Å². The molecule has 2 aromatic rings. The molecule has 5 nitrogen and oxygen atoms in total. The van der Waals surface area contributed by atoms with Crippen LogP contribution >= 0.6 is 0 Å². The summed E-state index contributed by atoms with van der Waals surface area (Å²) in [6, 6.07) is 10.1. The Morgan fingerprint density at radius 1 is 1.45 bits per heavy atom. The molecule has 0 saturated carbocycles. The van der Waals surface area contributed by atoms with Crippen molar-refractivity contribution in [3.63, 3.8) is 0 Å². The van der Waals surface area contributed by atoms with E-state index in [1.54, 1.807) is 17.8 Å². The highest BCUT2D eigenvalue weighted by Crippen LogP contribution is 2.21. The molecular formula is C15H18N4O. The predicted molar refractivity (Wildman–Crippen MR) is 77.8 cm³/mol. The number of amides is 1. The van der Waals surface area contributed by atoms with Crippen LogP contribution in [0.5, 0.6) is 0 Å².